The number of thiocarbonyl (C=S) groups is 1. The van der Waals surface area contributed by atoms with E-state index >= 15 is 0 Å². The van der Waals surface area contributed by atoms with Gasteiger partial charge in [-0.15, -0.1) is 0 Å². The first-order valence-electron chi connectivity index (χ1n) is 8.17. The van der Waals surface area contributed by atoms with Crippen molar-refractivity contribution in [3.63, 3.8) is 0 Å². The Bertz CT molecular complexity index is 858. The van der Waals surface area contributed by atoms with Crippen molar-refractivity contribution in [3.05, 3.63) is 83.9 Å². The number of para-hydroxylation sites is 1. The second kappa shape index (κ2) is 7.81. The molecular formula is C21H21N3S. The Morgan fingerprint density at radius 3 is 2.08 bits per heavy atom. The standard InChI is InChI=1S/C21H21N3S/c1-15-8-9-16(2)20(14-15)24-21(25)23-19-12-10-18(11-13-19)22-17-6-4-3-5-7-17/h3-14,22H,1-2H3,(H2,23,24,25). The lowest BCUT2D eigenvalue weighted by Gasteiger charge is -2.14. The molecular weight excluding hydrogens is 326 g/mol. The summed E-state index contributed by atoms with van der Waals surface area (Å²) in [7, 11) is 0. The van der Waals surface area contributed by atoms with Crippen molar-refractivity contribution < 1.29 is 0 Å². The number of anilines is 4. The van der Waals surface area contributed by atoms with Gasteiger partial charge in [-0.05, 0) is 79.7 Å². The lowest BCUT2D eigenvalue weighted by atomic mass is 10.1. The quantitative estimate of drug-likeness (QED) is 0.517. The van der Waals surface area contributed by atoms with Crippen LogP contribution in [0.15, 0.2) is 72.8 Å². The minimum Gasteiger partial charge on any atom is -0.356 e. The highest BCUT2D eigenvalue weighted by atomic mass is 32.1. The molecule has 0 saturated heterocycles. The van der Waals surface area contributed by atoms with E-state index in [1.54, 1.807) is 0 Å². The highest BCUT2D eigenvalue weighted by Crippen LogP contribution is 2.20. The number of aryl methyl sites for hydroxylation is 2. The fraction of sp³-hybridized carbons (Fsp3) is 0.0952. The van der Waals surface area contributed by atoms with Gasteiger partial charge < -0.3 is 16.0 Å². The first kappa shape index (κ1) is 17.0. The predicted octanol–water partition coefficient (Wildman–Crippen LogP) is 5.86. The van der Waals surface area contributed by atoms with Gasteiger partial charge in [0.05, 0.1) is 0 Å². The maximum atomic E-state index is 5.42. The Labute approximate surface area is 154 Å². The van der Waals surface area contributed by atoms with Crippen LogP contribution in [-0.4, -0.2) is 5.11 Å². The molecule has 0 aromatic heterocycles. The zero-order chi connectivity index (χ0) is 17.6. The third-order valence-electron chi connectivity index (χ3n) is 3.85. The molecule has 0 atom stereocenters. The average Bonchev–Trinajstić information content (AvgIpc) is 2.61. The van der Waals surface area contributed by atoms with Gasteiger partial charge in [-0.1, -0.05) is 30.3 Å². The van der Waals surface area contributed by atoms with Crippen LogP contribution in [0.4, 0.5) is 22.7 Å². The highest BCUT2D eigenvalue weighted by Gasteiger charge is 2.03. The molecule has 0 fully saturated rings. The van der Waals surface area contributed by atoms with Gasteiger partial charge in [-0.2, -0.15) is 0 Å². The molecule has 126 valence electrons. The zero-order valence-electron chi connectivity index (χ0n) is 14.3. The summed E-state index contributed by atoms with van der Waals surface area (Å²) in [5.74, 6) is 0. The second-order valence-electron chi connectivity index (χ2n) is 5.97. The predicted molar refractivity (Wildman–Crippen MR) is 112 cm³/mol. The lowest BCUT2D eigenvalue weighted by Crippen LogP contribution is -2.19. The van der Waals surface area contributed by atoms with Gasteiger partial charge in [-0.25, -0.2) is 0 Å². The molecule has 3 N–H and O–H groups in total. The van der Waals surface area contributed by atoms with E-state index in [0.29, 0.717) is 5.11 Å². The summed E-state index contributed by atoms with van der Waals surface area (Å²) in [6.45, 7) is 4.13. The van der Waals surface area contributed by atoms with Crippen molar-refractivity contribution in [1.29, 1.82) is 0 Å². The van der Waals surface area contributed by atoms with Crippen molar-refractivity contribution in [2.24, 2.45) is 0 Å². The minimum atomic E-state index is 0.581. The van der Waals surface area contributed by atoms with Crippen molar-refractivity contribution in [2.45, 2.75) is 13.8 Å². The first-order valence-corrected chi connectivity index (χ1v) is 8.58. The third kappa shape index (κ3) is 4.81. The van der Waals surface area contributed by atoms with Crippen LogP contribution in [0.2, 0.25) is 0 Å². The number of benzene rings is 3. The first-order chi connectivity index (χ1) is 12.1. The summed E-state index contributed by atoms with van der Waals surface area (Å²) in [5, 5.41) is 10.4. The number of rotatable bonds is 4. The van der Waals surface area contributed by atoms with Crippen molar-refractivity contribution in [3.8, 4) is 0 Å². The van der Waals surface area contributed by atoms with Crippen molar-refractivity contribution >= 4 is 40.1 Å². The fourth-order valence-electron chi connectivity index (χ4n) is 2.48. The molecule has 3 rings (SSSR count). The van der Waals surface area contributed by atoms with Crippen LogP contribution >= 0.6 is 12.2 Å². The zero-order valence-corrected chi connectivity index (χ0v) is 15.2. The molecule has 0 amide bonds. The normalized spacial score (nSPS) is 10.2. The second-order valence-corrected chi connectivity index (χ2v) is 6.37. The summed E-state index contributed by atoms with van der Waals surface area (Å²) in [6, 6.07) is 24.4. The number of hydrogen-bond donors (Lipinski definition) is 3. The van der Waals surface area contributed by atoms with Crippen molar-refractivity contribution in [1.82, 2.24) is 0 Å². The van der Waals surface area contributed by atoms with Crippen LogP contribution in [0, 0.1) is 13.8 Å². The topological polar surface area (TPSA) is 36.1 Å². The van der Waals surface area contributed by atoms with E-state index in [2.05, 4.69) is 48.0 Å². The fourth-order valence-corrected chi connectivity index (χ4v) is 2.71. The van der Waals surface area contributed by atoms with Crippen LogP contribution in [0.3, 0.4) is 0 Å². The van der Waals surface area contributed by atoms with Crippen LogP contribution < -0.4 is 16.0 Å². The Morgan fingerprint density at radius 1 is 0.720 bits per heavy atom. The van der Waals surface area contributed by atoms with Crippen LogP contribution in [0.5, 0.6) is 0 Å². The van der Waals surface area contributed by atoms with Gasteiger partial charge in [0.25, 0.3) is 0 Å². The summed E-state index contributed by atoms with van der Waals surface area (Å²) >= 11 is 5.42. The van der Waals surface area contributed by atoms with E-state index in [9.17, 15) is 0 Å². The average molecular weight is 347 g/mol. The molecule has 0 unspecified atom stereocenters. The molecule has 4 heteroatoms. The Hall–Kier alpha value is -2.85. The number of nitrogens with one attached hydrogen (secondary N) is 3. The molecule has 3 aromatic carbocycles. The number of hydrogen-bond acceptors (Lipinski definition) is 2. The summed E-state index contributed by atoms with van der Waals surface area (Å²) in [4.78, 5) is 0. The van der Waals surface area contributed by atoms with E-state index in [4.69, 9.17) is 12.2 Å². The molecule has 0 bridgehead atoms. The Kier molecular flexibility index (Phi) is 5.31. The molecule has 0 heterocycles. The summed E-state index contributed by atoms with van der Waals surface area (Å²) in [6.07, 6.45) is 0. The molecule has 0 aliphatic heterocycles. The maximum absolute atomic E-state index is 5.42. The molecule has 0 saturated carbocycles. The molecule has 0 aliphatic rings. The van der Waals surface area contributed by atoms with E-state index in [1.165, 1.54) is 5.56 Å². The Morgan fingerprint density at radius 2 is 1.36 bits per heavy atom. The van der Waals surface area contributed by atoms with Gasteiger partial charge in [0.1, 0.15) is 0 Å². The molecule has 25 heavy (non-hydrogen) atoms. The molecule has 0 spiro atoms. The van der Waals surface area contributed by atoms with Gasteiger partial charge in [0.2, 0.25) is 0 Å². The van der Waals surface area contributed by atoms with E-state index in [0.717, 1.165) is 28.3 Å². The van der Waals surface area contributed by atoms with Crippen LogP contribution in [0.1, 0.15) is 11.1 Å². The van der Waals surface area contributed by atoms with Gasteiger partial charge in [0.15, 0.2) is 5.11 Å². The largest absolute Gasteiger partial charge is 0.356 e. The van der Waals surface area contributed by atoms with E-state index < -0.39 is 0 Å². The molecule has 3 nitrogen and oxygen atoms in total. The molecule has 3 aromatic rings. The van der Waals surface area contributed by atoms with E-state index in [1.807, 2.05) is 54.6 Å². The van der Waals surface area contributed by atoms with Gasteiger partial charge in [0, 0.05) is 22.7 Å². The van der Waals surface area contributed by atoms with Gasteiger partial charge in [-0.3, -0.25) is 0 Å². The highest BCUT2D eigenvalue weighted by molar-refractivity contribution is 7.80. The summed E-state index contributed by atoms with van der Waals surface area (Å²) < 4.78 is 0. The Balaban J connectivity index is 1.61. The van der Waals surface area contributed by atoms with E-state index in [-0.39, 0.29) is 0 Å². The monoisotopic (exact) mass is 347 g/mol. The minimum absolute atomic E-state index is 0.581. The smallest absolute Gasteiger partial charge is 0.175 e. The molecule has 0 aliphatic carbocycles. The summed E-state index contributed by atoms with van der Waals surface area (Å²) in [5.41, 5.74) is 6.44. The van der Waals surface area contributed by atoms with Gasteiger partial charge >= 0.3 is 0 Å². The maximum Gasteiger partial charge on any atom is 0.175 e. The van der Waals surface area contributed by atoms with Crippen LogP contribution in [0.25, 0.3) is 0 Å². The molecule has 0 radical (unpaired) electrons. The van der Waals surface area contributed by atoms with Crippen molar-refractivity contribution in [2.75, 3.05) is 16.0 Å². The third-order valence-corrected chi connectivity index (χ3v) is 4.05. The van der Waals surface area contributed by atoms with Crippen LogP contribution in [-0.2, 0) is 0 Å². The lowest BCUT2D eigenvalue weighted by molar-refractivity contribution is 1.39. The SMILES string of the molecule is Cc1ccc(C)c(NC(=S)Nc2ccc(Nc3ccccc3)cc2)c1.